The van der Waals surface area contributed by atoms with Crippen LogP contribution in [0.4, 0.5) is 5.69 Å². The molecule has 7 nitrogen and oxygen atoms in total. The van der Waals surface area contributed by atoms with Crippen molar-refractivity contribution in [3.8, 4) is 0 Å². The van der Waals surface area contributed by atoms with Gasteiger partial charge in [0.05, 0.1) is 16.5 Å². The number of aliphatic hydroxyl groups is 1. The van der Waals surface area contributed by atoms with Gasteiger partial charge < -0.3 is 10.0 Å². The summed E-state index contributed by atoms with van der Waals surface area (Å²) in [5.74, 6) is -1.94. The highest BCUT2D eigenvalue weighted by Crippen LogP contribution is 2.40. The van der Waals surface area contributed by atoms with Gasteiger partial charge in [-0.1, -0.05) is 48.0 Å². The molecule has 1 heterocycles. The van der Waals surface area contributed by atoms with Crippen LogP contribution in [0.3, 0.4) is 0 Å². The first kappa shape index (κ1) is 19.0. The van der Waals surface area contributed by atoms with Crippen molar-refractivity contribution in [3.63, 3.8) is 0 Å². The maximum Gasteiger partial charge on any atom is 0.295 e. The molecule has 0 bridgehead atoms. The van der Waals surface area contributed by atoms with Crippen LogP contribution in [0.15, 0.2) is 66.8 Å². The molecule has 2 aromatic rings. The molecule has 3 rings (SSSR count). The Labute approximate surface area is 161 Å². The molecule has 0 saturated carbocycles. The largest absolute Gasteiger partial charge is 0.507 e. The second-order valence-electron chi connectivity index (χ2n) is 6.46. The molecule has 0 aliphatic carbocycles. The minimum atomic E-state index is -0.945. The van der Waals surface area contributed by atoms with Crippen LogP contribution in [0.25, 0.3) is 5.76 Å². The van der Waals surface area contributed by atoms with E-state index in [-0.39, 0.29) is 23.6 Å². The van der Waals surface area contributed by atoms with E-state index in [0.717, 1.165) is 5.56 Å². The van der Waals surface area contributed by atoms with E-state index in [9.17, 15) is 24.8 Å². The SMILES string of the molecule is C=CCN1C(=O)C(=O)/C(=C(\O)c2ccc(C)cc2)C1c1cccc([N+](=O)[O-])c1. The number of carbonyl (C=O) groups is 2. The number of likely N-dealkylation sites (tertiary alicyclic amines) is 1. The number of hydrogen-bond donors (Lipinski definition) is 1. The third-order valence-corrected chi connectivity index (χ3v) is 4.59. The van der Waals surface area contributed by atoms with Gasteiger partial charge in [0, 0.05) is 24.2 Å². The quantitative estimate of drug-likeness (QED) is 0.214. The summed E-state index contributed by atoms with van der Waals surface area (Å²) >= 11 is 0. The zero-order valence-electron chi connectivity index (χ0n) is 15.2. The Balaban J connectivity index is 2.22. The Morgan fingerprint density at radius 1 is 1.25 bits per heavy atom. The predicted molar refractivity (Wildman–Crippen MR) is 103 cm³/mol. The average molecular weight is 378 g/mol. The number of benzene rings is 2. The van der Waals surface area contributed by atoms with Gasteiger partial charge in [-0.05, 0) is 12.5 Å². The molecule has 7 heteroatoms. The van der Waals surface area contributed by atoms with Crippen molar-refractivity contribution in [3.05, 3.63) is 93.6 Å². The number of carbonyl (C=O) groups excluding carboxylic acids is 2. The van der Waals surface area contributed by atoms with Crippen LogP contribution >= 0.6 is 0 Å². The second kappa shape index (κ2) is 7.48. The lowest BCUT2D eigenvalue weighted by Gasteiger charge is -2.23. The lowest BCUT2D eigenvalue weighted by Crippen LogP contribution is -2.29. The van der Waals surface area contributed by atoms with Gasteiger partial charge in [-0.15, -0.1) is 6.58 Å². The number of nitro groups is 1. The monoisotopic (exact) mass is 378 g/mol. The molecule has 1 N–H and O–H groups in total. The molecular formula is C21H18N2O5. The number of amides is 1. The molecule has 1 saturated heterocycles. The van der Waals surface area contributed by atoms with Gasteiger partial charge in [-0.3, -0.25) is 19.7 Å². The van der Waals surface area contributed by atoms with E-state index in [1.165, 1.54) is 29.2 Å². The van der Waals surface area contributed by atoms with Crippen molar-refractivity contribution in [1.29, 1.82) is 0 Å². The van der Waals surface area contributed by atoms with Crippen molar-refractivity contribution in [2.24, 2.45) is 0 Å². The molecule has 28 heavy (non-hydrogen) atoms. The summed E-state index contributed by atoms with van der Waals surface area (Å²) in [5, 5.41) is 22.0. The van der Waals surface area contributed by atoms with Gasteiger partial charge in [0.1, 0.15) is 5.76 Å². The fourth-order valence-electron chi connectivity index (χ4n) is 3.23. The molecule has 1 aliphatic heterocycles. The van der Waals surface area contributed by atoms with Crippen molar-refractivity contribution in [2.45, 2.75) is 13.0 Å². The summed E-state index contributed by atoms with van der Waals surface area (Å²) < 4.78 is 0. The summed E-state index contributed by atoms with van der Waals surface area (Å²) in [6, 6.07) is 11.6. The fourth-order valence-corrected chi connectivity index (χ4v) is 3.23. The lowest BCUT2D eigenvalue weighted by molar-refractivity contribution is -0.384. The topological polar surface area (TPSA) is 101 Å². The minimum Gasteiger partial charge on any atom is -0.507 e. The number of aryl methyl sites for hydroxylation is 1. The average Bonchev–Trinajstić information content (AvgIpc) is 2.93. The Morgan fingerprint density at radius 2 is 1.93 bits per heavy atom. The number of nitro benzene ring substituents is 1. The zero-order chi connectivity index (χ0) is 20.4. The van der Waals surface area contributed by atoms with E-state index >= 15 is 0 Å². The molecule has 1 fully saturated rings. The number of aliphatic hydroxyl groups excluding tert-OH is 1. The van der Waals surface area contributed by atoms with Gasteiger partial charge in [0.25, 0.3) is 17.4 Å². The van der Waals surface area contributed by atoms with Gasteiger partial charge >= 0.3 is 0 Å². The number of rotatable bonds is 5. The second-order valence-corrected chi connectivity index (χ2v) is 6.46. The van der Waals surface area contributed by atoms with Gasteiger partial charge in [0.15, 0.2) is 0 Å². The lowest BCUT2D eigenvalue weighted by atomic mass is 9.95. The number of nitrogens with zero attached hydrogens (tertiary/aromatic N) is 2. The van der Waals surface area contributed by atoms with Crippen molar-refractivity contribution >= 4 is 23.1 Å². The summed E-state index contributed by atoms with van der Waals surface area (Å²) in [6.07, 6.45) is 1.46. The molecule has 0 spiro atoms. The highest BCUT2D eigenvalue weighted by molar-refractivity contribution is 6.46. The Morgan fingerprint density at radius 3 is 2.54 bits per heavy atom. The van der Waals surface area contributed by atoms with Crippen LogP contribution in [-0.4, -0.2) is 33.2 Å². The van der Waals surface area contributed by atoms with Crippen LogP contribution in [0.5, 0.6) is 0 Å². The maximum atomic E-state index is 12.7. The van der Waals surface area contributed by atoms with Crippen molar-refractivity contribution in [1.82, 2.24) is 4.90 Å². The first-order chi connectivity index (χ1) is 13.3. The highest BCUT2D eigenvalue weighted by atomic mass is 16.6. The predicted octanol–water partition coefficient (Wildman–Crippen LogP) is 3.51. The minimum absolute atomic E-state index is 0.0581. The van der Waals surface area contributed by atoms with E-state index < -0.39 is 22.7 Å². The number of hydrogen-bond acceptors (Lipinski definition) is 5. The smallest absolute Gasteiger partial charge is 0.295 e. The Kier molecular flexibility index (Phi) is 5.08. The summed E-state index contributed by atoms with van der Waals surface area (Å²) in [7, 11) is 0. The maximum absolute atomic E-state index is 12.7. The van der Waals surface area contributed by atoms with E-state index in [1.54, 1.807) is 30.3 Å². The normalized spacial score (nSPS) is 18.3. The van der Waals surface area contributed by atoms with Crippen LogP contribution in [0.1, 0.15) is 22.7 Å². The molecule has 0 aromatic heterocycles. The summed E-state index contributed by atoms with van der Waals surface area (Å²) in [5.41, 5.74) is 1.45. The number of ketones is 1. The van der Waals surface area contributed by atoms with Crippen LogP contribution in [0, 0.1) is 17.0 Å². The number of non-ortho nitro benzene ring substituents is 1. The van der Waals surface area contributed by atoms with Crippen molar-refractivity contribution < 1.29 is 19.6 Å². The molecule has 1 atom stereocenters. The third kappa shape index (κ3) is 3.29. The fraction of sp³-hybridized carbons (Fsp3) is 0.143. The molecule has 1 aliphatic rings. The molecule has 1 unspecified atom stereocenters. The molecule has 0 radical (unpaired) electrons. The van der Waals surface area contributed by atoms with E-state index in [0.29, 0.717) is 11.1 Å². The van der Waals surface area contributed by atoms with Crippen LogP contribution in [-0.2, 0) is 9.59 Å². The standard InChI is InChI=1S/C21H18N2O5/c1-3-11-22-18(15-5-4-6-16(12-15)23(27)28)17(20(25)21(22)26)19(24)14-9-7-13(2)8-10-14/h3-10,12,18,24H,1,11H2,2H3/b19-17-. The van der Waals surface area contributed by atoms with Crippen LogP contribution in [0.2, 0.25) is 0 Å². The zero-order valence-corrected chi connectivity index (χ0v) is 15.2. The molecular weight excluding hydrogens is 360 g/mol. The first-order valence-corrected chi connectivity index (χ1v) is 8.56. The molecule has 2 aromatic carbocycles. The van der Waals surface area contributed by atoms with Gasteiger partial charge in [0.2, 0.25) is 0 Å². The van der Waals surface area contributed by atoms with Crippen LogP contribution < -0.4 is 0 Å². The summed E-state index contributed by atoms with van der Waals surface area (Å²) in [6.45, 7) is 5.55. The van der Waals surface area contributed by atoms with Gasteiger partial charge in [-0.2, -0.15) is 0 Å². The molecule has 142 valence electrons. The van der Waals surface area contributed by atoms with Crippen molar-refractivity contribution in [2.75, 3.05) is 6.54 Å². The molecule has 1 amide bonds. The van der Waals surface area contributed by atoms with E-state index in [1.807, 2.05) is 6.92 Å². The first-order valence-electron chi connectivity index (χ1n) is 8.56. The third-order valence-electron chi connectivity index (χ3n) is 4.59. The Bertz CT molecular complexity index is 1010. The highest BCUT2D eigenvalue weighted by Gasteiger charge is 2.45. The van der Waals surface area contributed by atoms with Gasteiger partial charge in [-0.25, -0.2) is 0 Å². The Hall–Kier alpha value is -3.74. The van der Waals surface area contributed by atoms with E-state index in [2.05, 4.69) is 6.58 Å². The summed E-state index contributed by atoms with van der Waals surface area (Å²) in [4.78, 5) is 37.1. The van der Waals surface area contributed by atoms with E-state index in [4.69, 9.17) is 0 Å². The number of Topliss-reactive ketones (excluding diaryl/α,β-unsaturated/α-hetero) is 1.